The summed E-state index contributed by atoms with van der Waals surface area (Å²) in [5.74, 6) is 0.746. The highest BCUT2D eigenvalue weighted by molar-refractivity contribution is 5.95. The van der Waals surface area contributed by atoms with Crippen molar-refractivity contribution in [2.75, 3.05) is 31.1 Å². The zero-order chi connectivity index (χ0) is 21.8. The van der Waals surface area contributed by atoms with E-state index in [0.717, 1.165) is 30.6 Å². The minimum atomic E-state index is -0.333. The van der Waals surface area contributed by atoms with Crippen LogP contribution in [0.2, 0.25) is 0 Å². The van der Waals surface area contributed by atoms with Gasteiger partial charge in [0.2, 0.25) is 17.6 Å². The van der Waals surface area contributed by atoms with Gasteiger partial charge in [-0.15, -0.1) is 0 Å². The Labute approximate surface area is 181 Å². The molecule has 0 radical (unpaired) electrons. The van der Waals surface area contributed by atoms with E-state index in [4.69, 9.17) is 4.52 Å². The average molecular weight is 423 g/mol. The van der Waals surface area contributed by atoms with Crippen molar-refractivity contribution in [3.63, 3.8) is 0 Å². The van der Waals surface area contributed by atoms with Gasteiger partial charge in [-0.3, -0.25) is 9.69 Å². The molecule has 0 N–H and O–H groups in total. The first-order valence-electron chi connectivity index (χ1n) is 10.7. The number of rotatable bonds is 6. The zero-order valence-corrected chi connectivity index (χ0v) is 17.9. The molecule has 1 unspecified atom stereocenters. The molecule has 0 aliphatic carbocycles. The Balaban J connectivity index is 1.43. The molecule has 0 bridgehead atoms. The Bertz CT molecular complexity index is 1050. The lowest BCUT2D eigenvalue weighted by Gasteiger charge is -2.32. The van der Waals surface area contributed by atoms with E-state index in [0.29, 0.717) is 36.9 Å². The van der Waals surface area contributed by atoms with E-state index in [-0.39, 0.29) is 17.6 Å². The summed E-state index contributed by atoms with van der Waals surface area (Å²) in [7, 11) is 0. The van der Waals surface area contributed by atoms with Crippen LogP contribution in [0, 0.1) is 12.7 Å². The molecule has 1 amide bonds. The quantitative estimate of drug-likeness (QED) is 0.589. The van der Waals surface area contributed by atoms with Crippen molar-refractivity contribution >= 4 is 11.6 Å². The molecule has 1 atom stereocenters. The molecule has 4 rings (SSSR count). The summed E-state index contributed by atoms with van der Waals surface area (Å²) in [6.45, 7) is 6.54. The molecule has 2 aromatic carbocycles. The maximum absolute atomic E-state index is 13.5. The second-order valence-electron chi connectivity index (χ2n) is 7.97. The number of amides is 1. The second kappa shape index (κ2) is 9.39. The minimum Gasteiger partial charge on any atom is -0.339 e. The average Bonchev–Trinajstić information content (AvgIpc) is 3.26. The molecule has 31 heavy (non-hydrogen) atoms. The van der Waals surface area contributed by atoms with Crippen LogP contribution in [0.3, 0.4) is 0 Å². The fraction of sp³-hybridized carbons (Fsp3) is 0.375. The molecule has 2 heterocycles. The van der Waals surface area contributed by atoms with Gasteiger partial charge in [-0.2, -0.15) is 4.98 Å². The summed E-state index contributed by atoms with van der Waals surface area (Å²) in [4.78, 5) is 21.6. The summed E-state index contributed by atoms with van der Waals surface area (Å²) in [6, 6.07) is 14.1. The molecule has 0 spiro atoms. The van der Waals surface area contributed by atoms with Gasteiger partial charge in [0.15, 0.2) is 0 Å². The maximum atomic E-state index is 13.5. The van der Waals surface area contributed by atoms with Gasteiger partial charge in [0.25, 0.3) is 0 Å². The molecule has 6 nitrogen and oxygen atoms in total. The highest BCUT2D eigenvalue weighted by atomic mass is 19.1. The molecule has 0 saturated carbocycles. The maximum Gasteiger partial charge on any atom is 0.241 e. The first kappa shape index (κ1) is 21.2. The van der Waals surface area contributed by atoms with Crippen molar-refractivity contribution in [3.05, 3.63) is 65.8 Å². The van der Waals surface area contributed by atoms with Gasteiger partial charge in [-0.1, -0.05) is 35.5 Å². The van der Waals surface area contributed by atoms with E-state index in [1.54, 1.807) is 12.1 Å². The van der Waals surface area contributed by atoms with E-state index in [1.165, 1.54) is 12.1 Å². The zero-order valence-electron chi connectivity index (χ0n) is 17.9. The number of para-hydroxylation sites is 1. The summed E-state index contributed by atoms with van der Waals surface area (Å²) in [5, 5.41) is 4.03. The lowest BCUT2D eigenvalue weighted by Crippen LogP contribution is -2.44. The first-order valence-corrected chi connectivity index (χ1v) is 10.7. The molecule has 1 saturated heterocycles. The Morgan fingerprint density at radius 3 is 2.87 bits per heavy atom. The number of hydrogen-bond acceptors (Lipinski definition) is 5. The number of carbonyl (C=O) groups excluding carboxylic acids is 1. The smallest absolute Gasteiger partial charge is 0.241 e. The Morgan fingerprint density at radius 2 is 2.10 bits per heavy atom. The van der Waals surface area contributed by atoms with Crippen molar-refractivity contribution in [2.45, 2.75) is 32.6 Å². The van der Waals surface area contributed by atoms with E-state index < -0.39 is 0 Å². The molecule has 1 fully saturated rings. The highest BCUT2D eigenvalue weighted by Gasteiger charge is 2.28. The number of nitrogens with zero attached hydrogens (tertiary/aromatic N) is 4. The third-order valence-corrected chi connectivity index (χ3v) is 5.76. The highest BCUT2D eigenvalue weighted by Crippen LogP contribution is 2.28. The van der Waals surface area contributed by atoms with Gasteiger partial charge in [-0.25, -0.2) is 4.39 Å². The number of hydrogen-bond donors (Lipinski definition) is 0. The van der Waals surface area contributed by atoms with Gasteiger partial charge in [0.05, 0.1) is 12.5 Å². The lowest BCUT2D eigenvalue weighted by molar-refractivity contribution is -0.120. The lowest BCUT2D eigenvalue weighted by atomic mass is 9.98. The molecule has 1 aliphatic heterocycles. The number of halogens is 1. The van der Waals surface area contributed by atoms with Gasteiger partial charge >= 0.3 is 0 Å². The summed E-state index contributed by atoms with van der Waals surface area (Å²) >= 11 is 0. The van der Waals surface area contributed by atoms with Gasteiger partial charge < -0.3 is 9.42 Å². The van der Waals surface area contributed by atoms with Gasteiger partial charge in [0, 0.05) is 24.3 Å². The van der Waals surface area contributed by atoms with Crippen molar-refractivity contribution in [3.8, 4) is 11.4 Å². The Morgan fingerprint density at radius 1 is 1.26 bits per heavy atom. The molecular weight excluding hydrogens is 395 g/mol. The third kappa shape index (κ3) is 4.82. The summed E-state index contributed by atoms with van der Waals surface area (Å²) in [6.07, 6.45) is 1.87. The largest absolute Gasteiger partial charge is 0.339 e. The van der Waals surface area contributed by atoms with Gasteiger partial charge in [0.1, 0.15) is 5.82 Å². The number of likely N-dealkylation sites (N-methyl/N-ethyl adjacent to an activating group) is 1. The topological polar surface area (TPSA) is 62.5 Å². The van der Waals surface area contributed by atoms with E-state index in [9.17, 15) is 9.18 Å². The fourth-order valence-electron chi connectivity index (χ4n) is 4.17. The van der Waals surface area contributed by atoms with Crippen LogP contribution < -0.4 is 4.90 Å². The predicted molar refractivity (Wildman–Crippen MR) is 117 cm³/mol. The summed E-state index contributed by atoms with van der Waals surface area (Å²) < 4.78 is 19.0. The second-order valence-corrected chi connectivity index (χ2v) is 7.97. The van der Waals surface area contributed by atoms with Crippen LogP contribution in [-0.2, 0) is 4.79 Å². The third-order valence-electron chi connectivity index (χ3n) is 5.76. The van der Waals surface area contributed by atoms with E-state index in [2.05, 4.69) is 15.0 Å². The number of aryl methyl sites for hydroxylation is 1. The van der Waals surface area contributed by atoms with E-state index in [1.807, 2.05) is 43.0 Å². The van der Waals surface area contributed by atoms with Crippen LogP contribution in [0.1, 0.15) is 37.1 Å². The monoisotopic (exact) mass is 422 g/mol. The van der Waals surface area contributed by atoms with Crippen molar-refractivity contribution in [1.82, 2.24) is 15.0 Å². The van der Waals surface area contributed by atoms with E-state index >= 15 is 0 Å². The molecule has 3 aromatic rings. The SMILES string of the molecule is CCN(C(=O)CN1CCCC(c2nc(-c3cccc(F)c3)no2)C1)c1ccccc1C. The number of anilines is 1. The number of aromatic nitrogens is 2. The number of likely N-dealkylation sites (tertiary alicyclic amines) is 1. The van der Waals surface area contributed by atoms with Crippen molar-refractivity contribution in [2.24, 2.45) is 0 Å². The van der Waals surface area contributed by atoms with Crippen LogP contribution in [0.5, 0.6) is 0 Å². The number of piperidine rings is 1. The molecule has 1 aliphatic rings. The van der Waals surface area contributed by atoms with Crippen LogP contribution >= 0.6 is 0 Å². The van der Waals surface area contributed by atoms with Crippen molar-refractivity contribution < 1.29 is 13.7 Å². The predicted octanol–water partition coefficient (Wildman–Crippen LogP) is 4.42. The summed E-state index contributed by atoms with van der Waals surface area (Å²) in [5.41, 5.74) is 2.64. The number of benzene rings is 2. The molecule has 162 valence electrons. The van der Waals surface area contributed by atoms with Gasteiger partial charge in [-0.05, 0) is 57.0 Å². The molecule has 1 aromatic heterocycles. The fourth-order valence-corrected chi connectivity index (χ4v) is 4.17. The molecule has 7 heteroatoms. The number of carbonyl (C=O) groups is 1. The normalized spacial score (nSPS) is 16.9. The molecular formula is C24H27FN4O2. The Kier molecular flexibility index (Phi) is 6.42. The Hall–Kier alpha value is -3.06. The van der Waals surface area contributed by atoms with Crippen LogP contribution in [0.4, 0.5) is 10.1 Å². The van der Waals surface area contributed by atoms with Crippen LogP contribution in [0.15, 0.2) is 53.1 Å². The standard InChI is InChI=1S/C24H27FN4O2/c1-3-29(21-12-5-4-8-17(21)2)22(30)16-28-13-7-10-19(15-28)24-26-23(27-31-24)18-9-6-11-20(25)14-18/h4-6,8-9,11-12,14,19H,3,7,10,13,15-16H2,1-2H3. The minimum absolute atomic E-state index is 0.0601. The van der Waals surface area contributed by atoms with Crippen LogP contribution in [0.25, 0.3) is 11.4 Å². The first-order chi connectivity index (χ1) is 15.0. The van der Waals surface area contributed by atoms with Crippen LogP contribution in [-0.4, -0.2) is 47.1 Å². The van der Waals surface area contributed by atoms with Crippen molar-refractivity contribution in [1.29, 1.82) is 0 Å².